The minimum Gasteiger partial charge on any atom is -0.493 e. The third kappa shape index (κ3) is 4.39. The second-order valence-corrected chi connectivity index (χ2v) is 6.71. The van der Waals surface area contributed by atoms with Crippen LogP contribution in [0.2, 0.25) is 0 Å². The van der Waals surface area contributed by atoms with Gasteiger partial charge in [0.25, 0.3) is 0 Å². The van der Waals surface area contributed by atoms with E-state index in [1.807, 2.05) is 31.2 Å². The number of nitrogens with one attached hydrogen (secondary N) is 1. The van der Waals surface area contributed by atoms with Crippen molar-refractivity contribution in [2.75, 3.05) is 32.8 Å². The van der Waals surface area contributed by atoms with Gasteiger partial charge in [0.1, 0.15) is 5.75 Å². The van der Waals surface area contributed by atoms with E-state index in [0.717, 1.165) is 43.9 Å². The minimum absolute atomic E-state index is 0. The van der Waals surface area contributed by atoms with Crippen LogP contribution >= 0.6 is 12.4 Å². The van der Waals surface area contributed by atoms with Gasteiger partial charge in [-0.2, -0.15) is 0 Å². The summed E-state index contributed by atoms with van der Waals surface area (Å²) in [7, 11) is 0. The van der Waals surface area contributed by atoms with Gasteiger partial charge in [-0.25, -0.2) is 0 Å². The lowest BCUT2D eigenvalue weighted by atomic mass is 9.79. The Balaban J connectivity index is 0.00000192. The summed E-state index contributed by atoms with van der Waals surface area (Å²) in [4.78, 5) is 14.5. The summed E-state index contributed by atoms with van der Waals surface area (Å²) in [5.74, 6) is 1.12. The SMILES string of the molecule is Cc1ccccc1OCCC(=O)N1CCCC2(CCNC2)C1.Cl. The van der Waals surface area contributed by atoms with Crippen molar-refractivity contribution in [3.05, 3.63) is 29.8 Å². The van der Waals surface area contributed by atoms with E-state index in [-0.39, 0.29) is 18.3 Å². The van der Waals surface area contributed by atoms with E-state index in [4.69, 9.17) is 4.74 Å². The van der Waals surface area contributed by atoms with E-state index in [1.165, 1.54) is 12.8 Å². The van der Waals surface area contributed by atoms with Crippen LogP contribution in [0.4, 0.5) is 0 Å². The average molecular weight is 339 g/mol. The lowest BCUT2D eigenvalue weighted by Gasteiger charge is -2.40. The number of ether oxygens (including phenoxy) is 1. The van der Waals surface area contributed by atoms with E-state index in [1.54, 1.807) is 0 Å². The predicted octanol–water partition coefficient (Wildman–Crippen LogP) is 2.79. The standard InChI is InChI=1S/C18H26N2O2.ClH/c1-15-5-2-3-6-16(15)22-12-7-17(21)20-11-4-8-18(14-20)9-10-19-13-18;/h2-3,5-6,19H,4,7-14H2,1H3;1H. The number of benzene rings is 1. The number of aryl methyl sites for hydroxylation is 1. The topological polar surface area (TPSA) is 41.6 Å². The Bertz CT molecular complexity index is 530. The van der Waals surface area contributed by atoms with Gasteiger partial charge in [0.05, 0.1) is 13.0 Å². The van der Waals surface area contributed by atoms with E-state index in [0.29, 0.717) is 18.4 Å². The third-order valence-corrected chi connectivity index (χ3v) is 5.01. The van der Waals surface area contributed by atoms with Crippen LogP contribution in [-0.2, 0) is 4.79 Å². The Morgan fingerprint density at radius 3 is 2.91 bits per heavy atom. The zero-order valence-corrected chi connectivity index (χ0v) is 14.7. The summed E-state index contributed by atoms with van der Waals surface area (Å²) in [6.45, 7) is 6.48. The first-order valence-electron chi connectivity index (χ1n) is 8.36. The first kappa shape index (κ1) is 18.1. The molecule has 1 unspecified atom stereocenters. The number of rotatable bonds is 4. The third-order valence-electron chi connectivity index (χ3n) is 5.01. The van der Waals surface area contributed by atoms with Crippen LogP contribution in [0.15, 0.2) is 24.3 Å². The molecule has 0 radical (unpaired) electrons. The lowest BCUT2D eigenvalue weighted by molar-refractivity contribution is -0.135. The zero-order valence-electron chi connectivity index (χ0n) is 13.8. The molecule has 1 aromatic carbocycles. The van der Waals surface area contributed by atoms with Crippen molar-refractivity contribution in [1.29, 1.82) is 0 Å². The second-order valence-electron chi connectivity index (χ2n) is 6.71. The number of amides is 1. The highest BCUT2D eigenvalue weighted by atomic mass is 35.5. The molecule has 0 saturated carbocycles. The van der Waals surface area contributed by atoms with Crippen molar-refractivity contribution < 1.29 is 9.53 Å². The molecular weight excluding hydrogens is 312 g/mol. The van der Waals surface area contributed by atoms with E-state index < -0.39 is 0 Å². The molecule has 2 aliphatic rings. The molecule has 23 heavy (non-hydrogen) atoms. The van der Waals surface area contributed by atoms with Gasteiger partial charge in [-0.3, -0.25) is 4.79 Å². The number of carbonyl (C=O) groups is 1. The smallest absolute Gasteiger partial charge is 0.226 e. The molecule has 1 spiro atoms. The Labute approximate surface area is 145 Å². The first-order chi connectivity index (χ1) is 10.7. The molecule has 0 bridgehead atoms. The molecule has 128 valence electrons. The molecule has 1 aromatic rings. The maximum atomic E-state index is 12.4. The van der Waals surface area contributed by atoms with Crippen LogP contribution in [0.25, 0.3) is 0 Å². The Morgan fingerprint density at radius 2 is 2.17 bits per heavy atom. The molecule has 4 nitrogen and oxygen atoms in total. The maximum Gasteiger partial charge on any atom is 0.226 e. The molecule has 1 amide bonds. The number of nitrogens with zero attached hydrogens (tertiary/aromatic N) is 1. The van der Waals surface area contributed by atoms with Gasteiger partial charge in [0.2, 0.25) is 5.91 Å². The molecule has 2 heterocycles. The quantitative estimate of drug-likeness (QED) is 0.917. The van der Waals surface area contributed by atoms with Crippen LogP contribution < -0.4 is 10.1 Å². The highest BCUT2D eigenvalue weighted by molar-refractivity contribution is 5.85. The number of hydrogen-bond donors (Lipinski definition) is 1. The van der Waals surface area contributed by atoms with Crippen molar-refractivity contribution >= 4 is 18.3 Å². The van der Waals surface area contributed by atoms with Crippen LogP contribution in [0, 0.1) is 12.3 Å². The number of carbonyl (C=O) groups excluding carboxylic acids is 1. The molecular formula is C18H27ClN2O2. The van der Waals surface area contributed by atoms with Crippen molar-refractivity contribution in [3.63, 3.8) is 0 Å². The van der Waals surface area contributed by atoms with Gasteiger partial charge in [0.15, 0.2) is 0 Å². The summed E-state index contributed by atoms with van der Waals surface area (Å²) < 4.78 is 5.76. The first-order valence-corrected chi connectivity index (χ1v) is 8.36. The molecule has 2 fully saturated rings. The molecule has 3 rings (SSSR count). The number of para-hydroxylation sites is 1. The largest absolute Gasteiger partial charge is 0.493 e. The molecule has 1 N–H and O–H groups in total. The highest BCUT2D eigenvalue weighted by Gasteiger charge is 2.39. The normalized spacial score (nSPS) is 23.6. The van der Waals surface area contributed by atoms with Crippen LogP contribution in [0.3, 0.4) is 0 Å². The monoisotopic (exact) mass is 338 g/mol. The summed E-state index contributed by atoms with van der Waals surface area (Å²) >= 11 is 0. The Morgan fingerprint density at radius 1 is 1.35 bits per heavy atom. The molecule has 5 heteroatoms. The van der Waals surface area contributed by atoms with Crippen molar-refractivity contribution in [2.45, 2.75) is 32.6 Å². The minimum atomic E-state index is 0. The van der Waals surface area contributed by atoms with Crippen molar-refractivity contribution in [1.82, 2.24) is 10.2 Å². The van der Waals surface area contributed by atoms with Gasteiger partial charge in [0, 0.05) is 25.0 Å². The van der Waals surface area contributed by atoms with Gasteiger partial charge >= 0.3 is 0 Å². The van der Waals surface area contributed by atoms with Crippen LogP contribution in [0.5, 0.6) is 5.75 Å². The van der Waals surface area contributed by atoms with Gasteiger partial charge in [-0.05, 0) is 44.4 Å². The molecule has 0 aromatic heterocycles. The van der Waals surface area contributed by atoms with Crippen LogP contribution in [-0.4, -0.2) is 43.6 Å². The summed E-state index contributed by atoms with van der Waals surface area (Å²) in [5.41, 5.74) is 1.45. The highest BCUT2D eigenvalue weighted by Crippen LogP contribution is 2.35. The maximum absolute atomic E-state index is 12.4. The molecule has 1 atom stereocenters. The van der Waals surface area contributed by atoms with Crippen molar-refractivity contribution in [3.8, 4) is 5.75 Å². The van der Waals surface area contributed by atoms with Gasteiger partial charge < -0.3 is 15.0 Å². The van der Waals surface area contributed by atoms with Crippen LogP contribution in [0.1, 0.15) is 31.2 Å². The van der Waals surface area contributed by atoms with E-state index >= 15 is 0 Å². The molecule has 2 saturated heterocycles. The Hall–Kier alpha value is -1.26. The molecule has 0 aliphatic carbocycles. The van der Waals surface area contributed by atoms with Gasteiger partial charge in [-0.15, -0.1) is 12.4 Å². The number of likely N-dealkylation sites (tertiary alicyclic amines) is 1. The fraction of sp³-hybridized carbons (Fsp3) is 0.611. The van der Waals surface area contributed by atoms with Gasteiger partial charge in [-0.1, -0.05) is 18.2 Å². The number of halogens is 1. The number of hydrogen-bond acceptors (Lipinski definition) is 3. The summed E-state index contributed by atoms with van der Waals surface area (Å²) in [5, 5.41) is 3.45. The average Bonchev–Trinajstić information content (AvgIpc) is 2.97. The molecule has 2 aliphatic heterocycles. The van der Waals surface area contributed by atoms with E-state index in [2.05, 4.69) is 10.2 Å². The second kappa shape index (κ2) is 8.02. The predicted molar refractivity (Wildman–Crippen MR) is 94.3 cm³/mol. The Kier molecular flexibility index (Phi) is 6.31. The van der Waals surface area contributed by atoms with E-state index in [9.17, 15) is 4.79 Å². The fourth-order valence-corrected chi connectivity index (χ4v) is 3.69. The fourth-order valence-electron chi connectivity index (χ4n) is 3.69. The summed E-state index contributed by atoms with van der Waals surface area (Å²) in [6.07, 6.45) is 4.06. The number of piperidine rings is 1. The zero-order chi connectivity index (χ0) is 15.4. The summed E-state index contributed by atoms with van der Waals surface area (Å²) in [6, 6.07) is 7.94. The van der Waals surface area contributed by atoms with Crippen molar-refractivity contribution in [2.24, 2.45) is 5.41 Å². The lowest BCUT2D eigenvalue weighted by Crippen LogP contribution is -2.47.